The van der Waals surface area contributed by atoms with Crippen LogP contribution in [0.4, 0.5) is 5.69 Å². The minimum Gasteiger partial charge on any atom is -0.494 e. The minimum absolute atomic E-state index is 0.0956. The van der Waals surface area contributed by atoms with Crippen molar-refractivity contribution in [2.24, 2.45) is 11.8 Å². The fraction of sp³-hybridized carbons (Fsp3) is 0.652. The van der Waals surface area contributed by atoms with Crippen LogP contribution in [0.2, 0.25) is 0 Å². The highest BCUT2D eigenvalue weighted by Crippen LogP contribution is 2.37. The quantitative estimate of drug-likeness (QED) is 0.773. The van der Waals surface area contributed by atoms with E-state index in [9.17, 15) is 4.79 Å². The van der Waals surface area contributed by atoms with E-state index in [0.29, 0.717) is 24.1 Å². The Morgan fingerprint density at radius 2 is 2.00 bits per heavy atom. The number of amides is 1. The van der Waals surface area contributed by atoms with Gasteiger partial charge in [-0.25, -0.2) is 0 Å². The van der Waals surface area contributed by atoms with Gasteiger partial charge >= 0.3 is 0 Å². The van der Waals surface area contributed by atoms with E-state index in [4.69, 9.17) is 14.6 Å². The Kier molecular flexibility index (Phi) is 6.09. The van der Waals surface area contributed by atoms with Crippen LogP contribution in [0.3, 0.4) is 0 Å². The third-order valence-corrected chi connectivity index (χ3v) is 6.63. The van der Waals surface area contributed by atoms with E-state index in [0.717, 1.165) is 42.0 Å². The number of hydrogen-bond acceptors (Lipinski definition) is 4. The Balaban J connectivity index is 1.52. The maximum Gasteiger partial charge on any atom is 0.253 e. The third kappa shape index (κ3) is 4.42. The van der Waals surface area contributed by atoms with Crippen molar-refractivity contribution in [2.75, 3.05) is 19.0 Å². The fourth-order valence-electron chi connectivity index (χ4n) is 4.72. The van der Waals surface area contributed by atoms with Gasteiger partial charge in [-0.05, 0) is 62.8 Å². The van der Waals surface area contributed by atoms with Gasteiger partial charge in [-0.1, -0.05) is 13.8 Å². The summed E-state index contributed by atoms with van der Waals surface area (Å²) in [4.78, 5) is 12.6. The van der Waals surface area contributed by atoms with Gasteiger partial charge in [-0.2, -0.15) is 5.10 Å². The van der Waals surface area contributed by atoms with Crippen LogP contribution >= 0.6 is 0 Å². The van der Waals surface area contributed by atoms with Crippen molar-refractivity contribution in [1.29, 1.82) is 0 Å². The molecule has 2 aliphatic rings. The molecule has 0 spiro atoms. The van der Waals surface area contributed by atoms with Gasteiger partial charge in [-0.3, -0.25) is 9.48 Å². The Morgan fingerprint density at radius 3 is 2.66 bits per heavy atom. The van der Waals surface area contributed by atoms with Crippen molar-refractivity contribution in [1.82, 2.24) is 9.78 Å². The Bertz CT molecular complexity index is 846. The second-order valence-electron chi connectivity index (χ2n) is 8.88. The number of fused-ring (bicyclic) bond motifs is 1. The van der Waals surface area contributed by atoms with Gasteiger partial charge in [0.2, 0.25) is 0 Å². The summed E-state index contributed by atoms with van der Waals surface area (Å²) in [5.74, 6) is 2.13. The van der Waals surface area contributed by atoms with Gasteiger partial charge in [0, 0.05) is 24.3 Å². The number of carbonyl (C=O) groups excluding carboxylic acids is 1. The average Bonchev–Trinajstić information content (AvgIpc) is 3.16. The molecule has 0 bridgehead atoms. The van der Waals surface area contributed by atoms with E-state index in [-0.39, 0.29) is 12.0 Å². The Labute approximate surface area is 172 Å². The molecular formula is C23H33N3O3. The summed E-state index contributed by atoms with van der Waals surface area (Å²) < 4.78 is 13.3. The number of ether oxygens (including phenoxy) is 2. The summed E-state index contributed by atoms with van der Waals surface area (Å²) in [6.07, 6.45) is 9.46. The minimum atomic E-state index is -0.372. The maximum absolute atomic E-state index is 12.6. The molecule has 0 radical (unpaired) electrons. The zero-order valence-corrected chi connectivity index (χ0v) is 17.8. The summed E-state index contributed by atoms with van der Waals surface area (Å²) in [7, 11) is 1.62. The SMILES string of the molecule is COc1cc2nn(C3CCC(C(C)C)CC3)cc2cc1NC(=O)[C@@H]1CCCCO1. The van der Waals surface area contributed by atoms with Crippen molar-refractivity contribution in [3.63, 3.8) is 0 Å². The smallest absolute Gasteiger partial charge is 0.253 e. The van der Waals surface area contributed by atoms with Gasteiger partial charge in [-0.15, -0.1) is 0 Å². The van der Waals surface area contributed by atoms with Gasteiger partial charge in [0.15, 0.2) is 0 Å². The molecule has 29 heavy (non-hydrogen) atoms. The Hall–Kier alpha value is -2.08. The number of aromatic nitrogens is 2. The van der Waals surface area contributed by atoms with Crippen LogP contribution in [0.1, 0.15) is 64.8 Å². The highest BCUT2D eigenvalue weighted by molar-refractivity contribution is 5.98. The summed E-state index contributed by atoms with van der Waals surface area (Å²) >= 11 is 0. The molecule has 0 unspecified atom stereocenters. The molecule has 1 aromatic heterocycles. The monoisotopic (exact) mass is 399 g/mol. The molecule has 1 saturated heterocycles. The normalized spacial score (nSPS) is 25.3. The van der Waals surface area contributed by atoms with E-state index in [1.54, 1.807) is 7.11 Å². The highest BCUT2D eigenvalue weighted by Gasteiger charge is 2.26. The second kappa shape index (κ2) is 8.74. The number of carbonyl (C=O) groups is 1. The summed E-state index contributed by atoms with van der Waals surface area (Å²) in [6.45, 7) is 5.31. The van der Waals surface area contributed by atoms with Crippen LogP contribution in [-0.2, 0) is 9.53 Å². The number of methoxy groups -OCH3 is 1. The summed E-state index contributed by atoms with van der Waals surface area (Å²) in [5, 5.41) is 8.85. The predicted molar refractivity (Wildman–Crippen MR) is 114 cm³/mol. The van der Waals surface area contributed by atoms with Gasteiger partial charge in [0.1, 0.15) is 11.9 Å². The number of rotatable bonds is 5. The van der Waals surface area contributed by atoms with Gasteiger partial charge in [0.05, 0.1) is 24.4 Å². The molecule has 1 N–H and O–H groups in total. The second-order valence-corrected chi connectivity index (χ2v) is 8.88. The topological polar surface area (TPSA) is 65.4 Å². The standard InChI is InChI=1S/C23H33N3O3/c1-15(2)16-7-9-18(10-8-16)26-14-17-12-20(22(28-3)13-19(17)25-26)24-23(27)21-6-4-5-11-29-21/h12-16,18,21H,4-11H2,1-3H3,(H,24,27)/t16?,18?,21-/m0/s1. The lowest BCUT2D eigenvalue weighted by atomic mass is 9.80. The van der Waals surface area contributed by atoms with Crippen LogP contribution in [-0.4, -0.2) is 35.5 Å². The predicted octanol–water partition coefficient (Wildman–Crippen LogP) is 4.94. The van der Waals surface area contributed by atoms with Crippen molar-refractivity contribution >= 4 is 22.5 Å². The molecule has 1 aromatic carbocycles. The third-order valence-electron chi connectivity index (χ3n) is 6.63. The van der Waals surface area contributed by atoms with E-state index in [1.165, 1.54) is 25.7 Å². The number of nitrogens with zero attached hydrogens (tertiary/aromatic N) is 2. The molecule has 4 rings (SSSR count). The molecule has 1 amide bonds. The summed E-state index contributed by atoms with van der Waals surface area (Å²) in [5.41, 5.74) is 1.59. The largest absolute Gasteiger partial charge is 0.494 e. The van der Waals surface area contributed by atoms with E-state index in [2.05, 4.69) is 30.0 Å². The molecule has 1 aliphatic heterocycles. The van der Waals surface area contributed by atoms with E-state index >= 15 is 0 Å². The van der Waals surface area contributed by atoms with E-state index in [1.807, 2.05) is 12.1 Å². The van der Waals surface area contributed by atoms with Crippen LogP contribution < -0.4 is 10.1 Å². The number of anilines is 1. The molecule has 6 heteroatoms. The van der Waals surface area contributed by atoms with Crippen molar-refractivity contribution in [2.45, 2.75) is 70.9 Å². The zero-order chi connectivity index (χ0) is 20.4. The molecular weight excluding hydrogens is 366 g/mol. The van der Waals surface area contributed by atoms with Crippen molar-refractivity contribution in [3.05, 3.63) is 18.3 Å². The molecule has 158 valence electrons. The Morgan fingerprint density at radius 1 is 1.21 bits per heavy atom. The number of benzene rings is 1. The molecule has 2 fully saturated rings. The molecule has 1 saturated carbocycles. The molecule has 2 aromatic rings. The molecule has 6 nitrogen and oxygen atoms in total. The van der Waals surface area contributed by atoms with Crippen LogP contribution in [0.25, 0.3) is 10.9 Å². The lowest BCUT2D eigenvalue weighted by Crippen LogP contribution is -2.33. The fourth-order valence-corrected chi connectivity index (χ4v) is 4.72. The number of nitrogens with one attached hydrogen (secondary N) is 1. The van der Waals surface area contributed by atoms with Gasteiger partial charge < -0.3 is 14.8 Å². The summed E-state index contributed by atoms with van der Waals surface area (Å²) in [6, 6.07) is 4.35. The first-order valence-corrected chi connectivity index (χ1v) is 11.0. The average molecular weight is 400 g/mol. The number of hydrogen-bond donors (Lipinski definition) is 1. The van der Waals surface area contributed by atoms with Crippen LogP contribution in [0, 0.1) is 11.8 Å². The van der Waals surface area contributed by atoms with E-state index < -0.39 is 0 Å². The lowest BCUT2D eigenvalue weighted by molar-refractivity contribution is -0.129. The lowest BCUT2D eigenvalue weighted by Gasteiger charge is -2.30. The molecule has 2 heterocycles. The maximum atomic E-state index is 12.6. The highest BCUT2D eigenvalue weighted by atomic mass is 16.5. The molecule has 1 aliphatic carbocycles. The first-order chi connectivity index (χ1) is 14.0. The van der Waals surface area contributed by atoms with Crippen LogP contribution in [0.15, 0.2) is 18.3 Å². The molecule has 1 atom stereocenters. The first kappa shape index (κ1) is 20.2. The first-order valence-electron chi connectivity index (χ1n) is 11.0. The van der Waals surface area contributed by atoms with Gasteiger partial charge in [0.25, 0.3) is 5.91 Å². The van der Waals surface area contributed by atoms with Crippen molar-refractivity contribution < 1.29 is 14.3 Å². The zero-order valence-electron chi connectivity index (χ0n) is 17.8. The van der Waals surface area contributed by atoms with Crippen molar-refractivity contribution in [3.8, 4) is 5.75 Å². The van der Waals surface area contributed by atoms with Crippen LogP contribution in [0.5, 0.6) is 5.75 Å².